The molecule has 1 aromatic rings. The number of aromatic nitrogens is 1. The first kappa shape index (κ1) is 11.1. The van der Waals surface area contributed by atoms with E-state index in [1.54, 1.807) is 6.92 Å². The van der Waals surface area contributed by atoms with Crippen LogP contribution in [0.4, 0.5) is 13.2 Å². The van der Waals surface area contributed by atoms with Crippen molar-refractivity contribution in [3.05, 3.63) is 35.7 Å². The minimum absolute atomic E-state index is 0.311. The van der Waals surface area contributed by atoms with Crippen molar-refractivity contribution in [1.29, 1.82) is 0 Å². The van der Waals surface area contributed by atoms with Crippen LogP contribution in [0.3, 0.4) is 0 Å². The normalized spacial score (nSPS) is 20.8. The largest absolute Gasteiger partial charge is 0.433 e. The van der Waals surface area contributed by atoms with E-state index in [0.29, 0.717) is 23.4 Å². The van der Waals surface area contributed by atoms with Crippen LogP contribution in [-0.4, -0.2) is 11.6 Å². The standard InChI is InChI=1S/C11H10F3NO/c1-6-5-16-7(2)10-8(6)3-4-9(15-10)11(12,13)14/h3-4,7H,1,5H2,2H3. The summed E-state index contributed by atoms with van der Waals surface area (Å²) in [5.74, 6) is 0. The lowest BCUT2D eigenvalue weighted by Crippen LogP contribution is -2.18. The predicted octanol–water partition coefficient (Wildman–Crippen LogP) is 3.20. The zero-order chi connectivity index (χ0) is 11.9. The van der Waals surface area contributed by atoms with E-state index < -0.39 is 18.0 Å². The molecule has 16 heavy (non-hydrogen) atoms. The van der Waals surface area contributed by atoms with Crippen molar-refractivity contribution in [2.75, 3.05) is 6.61 Å². The summed E-state index contributed by atoms with van der Waals surface area (Å²) in [6.07, 6.45) is -4.85. The van der Waals surface area contributed by atoms with Gasteiger partial charge in [0.15, 0.2) is 0 Å². The maximum absolute atomic E-state index is 12.5. The molecule has 2 rings (SSSR count). The zero-order valence-electron chi connectivity index (χ0n) is 8.64. The molecular weight excluding hydrogens is 219 g/mol. The van der Waals surface area contributed by atoms with Gasteiger partial charge in [0.2, 0.25) is 0 Å². The number of hydrogen-bond donors (Lipinski definition) is 0. The minimum Gasteiger partial charge on any atom is -0.368 e. The van der Waals surface area contributed by atoms with Crippen LogP contribution < -0.4 is 0 Å². The third-order valence-corrected chi connectivity index (χ3v) is 2.49. The van der Waals surface area contributed by atoms with Gasteiger partial charge in [0.25, 0.3) is 0 Å². The fraction of sp³-hybridized carbons (Fsp3) is 0.364. The van der Waals surface area contributed by atoms with Gasteiger partial charge in [0.1, 0.15) is 5.69 Å². The first-order valence-electron chi connectivity index (χ1n) is 4.77. The number of halogens is 3. The Kier molecular flexibility index (Phi) is 2.50. The molecule has 1 aliphatic heterocycles. The smallest absolute Gasteiger partial charge is 0.368 e. The number of rotatable bonds is 0. The second-order valence-electron chi connectivity index (χ2n) is 3.68. The molecule has 0 N–H and O–H groups in total. The van der Waals surface area contributed by atoms with Crippen molar-refractivity contribution < 1.29 is 17.9 Å². The van der Waals surface area contributed by atoms with Crippen molar-refractivity contribution in [3.8, 4) is 0 Å². The third-order valence-electron chi connectivity index (χ3n) is 2.49. The fourth-order valence-electron chi connectivity index (χ4n) is 1.62. The first-order chi connectivity index (χ1) is 7.39. The summed E-state index contributed by atoms with van der Waals surface area (Å²) < 4.78 is 42.6. The van der Waals surface area contributed by atoms with E-state index >= 15 is 0 Å². The number of ether oxygens (including phenoxy) is 1. The molecule has 86 valence electrons. The number of fused-ring (bicyclic) bond motifs is 1. The van der Waals surface area contributed by atoms with E-state index in [1.165, 1.54) is 6.07 Å². The molecule has 2 heterocycles. The second kappa shape index (κ2) is 3.59. The van der Waals surface area contributed by atoms with Gasteiger partial charge in [-0.1, -0.05) is 12.6 Å². The van der Waals surface area contributed by atoms with E-state index in [4.69, 9.17) is 4.74 Å². The van der Waals surface area contributed by atoms with Gasteiger partial charge >= 0.3 is 6.18 Å². The summed E-state index contributed by atoms with van der Waals surface area (Å²) in [5.41, 5.74) is 0.739. The SMILES string of the molecule is C=C1COC(C)c2nc(C(F)(F)F)ccc21. The zero-order valence-corrected chi connectivity index (χ0v) is 8.64. The highest BCUT2D eigenvalue weighted by Crippen LogP contribution is 2.34. The van der Waals surface area contributed by atoms with E-state index in [0.717, 1.165) is 6.07 Å². The summed E-state index contributed by atoms with van der Waals surface area (Å²) in [5, 5.41) is 0. The highest BCUT2D eigenvalue weighted by atomic mass is 19.4. The average molecular weight is 229 g/mol. The maximum Gasteiger partial charge on any atom is 0.433 e. The molecule has 5 heteroatoms. The molecule has 1 unspecified atom stereocenters. The van der Waals surface area contributed by atoms with Crippen LogP contribution in [0.1, 0.15) is 30.0 Å². The topological polar surface area (TPSA) is 22.1 Å². The van der Waals surface area contributed by atoms with E-state index in [-0.39, 0.29) is 0 Å². The molecule has 1 aliphatic rings. The van der Waals surface area contributed by atoms with Gasteiger partial charge in [-0.25, -0.2) is 4.98 Å². The van der Waals surface area contributed by atoms with Crippen molar-refractivity contribution in [2.45, 2.75) is 19.2 Å². The number of hydrogen-bond acceptors (Lipinski definition) is 2. The molecule has 0 spiro atoms. The Bertz CT molecular complexity index is 439. The molecule has 0 fully saturated rings. The first-order valence-corrected chi connectivity index (χ1v) is 4.77. The molecule has 0 saturated heterocycles. The summed E-state index contributed by atoms with van der Waals surface area (Å²) in [6.45, 7) is 5.75. The highest BCUT2D eigenvalue weighted by molar-refractivity contribution is 5.67. The van der Waals surface area contributed by atoms with Gasteiger partial charge in [0.05, 0.1) is 18.4 Å². The predicted molar refractivity (Wildman–Crippen MR) is 52.6 cm³/mol. The Morgan fingerprint density at radius 2 is 2.12 bits per heavy atom. The van der Waals surface area contributed by atoms with Crippen LogP contribution in [0.2, 0.25) is 0 Å². The highest BCUT2D eigenvalue weighted by Gasteiger charge is 2.34. The third kappa shape index (κ3) is 1.82. The summed E-state index contributed by atoms with van der Waals surface area (Å²) in [6, 6.07) is 2.38. The number of alkyl halides is 3. The van der Waals surface area contributed by atoms with Crippen molar-refractivity contribution in [3.63, 3.8) is 0 Å². The van der Waals surface area contributed by atoms with Crippen LogP contribution in [0.25, 0.3) is 5.57 Å². The molecule has 0 aliphatic carbocycles. The van der Waals surface area contributed by atoms with E-state index in [1.807, 2.05) is 0 Å². The molecular formula is C11H10F3NO. The molecule has 2 nitrogen and oxygen atoms in total. The van der Waals surface area contributed by atoms with Gasteiger partial charge in [-0.3, -0.25) is 0 Å². The molecule has 1 atom stereocenters. The molecule has 0 amide bonds. The summed E-state index contributed by atoms with van der Waals surface area (Å²) >= 11 is 0. The lowest BCUT2D eigenvalue weighted by Gasteiger charge is -2.24. The van der Waals surface area contributed by atoms with E-state index in [9.17, 15) is 13.2 Å². The second-order valence-corrected chi connectivity index (χ2v) is 3.68. The van der Waals surface area contributed by atoms with Crippen molar-refractivity contribution in [2.24, 2.45) is 0 Å². The minimum atomic E-state index is -4.42. The molecule has 0 bridgehead atoms. The van der Waals surface area contributed by atoms with Crippen LogP contribution in [0.5, 0.6) is 0 Å². The Labute approximate surface area is 90.8 Å². The summed E-state index contributed by atoms with van der Waals surface area (Å²) in [7, 11) is 0. The Morgan fingerprint density at radius 3 is 2.75 bits per heavy atom. The molecule has 1 aromatic heterocycles. The van der Waals surface area contributed by atoms with Crippen molar-refractivity contribution >= 4 is 5.57 Å². The lowest BCUT2D eigenvalue weighted by molar-refractivity contribution is -0.141. The van der Waals surface area contributed by atoms with Crippen LogP contribution in [0, 0.1) is 0 Å². The lowest BCUT2D eigenvalue weighted by atomic mass is 10.00. The number of nitrogens with zero attached hydrogens (tertiary/aromatic N) is 1. The fourth-order valence-corrected chi connectivity index (χ4v) is 1.62. The monoisotopic (exact) mass is 229 g/mol. The van der Waals surface area contributed by atoms with Gasteiger partial charge in [-0.15, -0.1) is 0 Å². The van der Waals surface area contributed by atoms with Gasteiger partial charge < -0.3 is 4.74 Å². The van der Waals surface area contributed by atoms with Gasteiger partial charge in [-0.05, 0) is 18.6 Å². The van der Waals surface area contributed by atoms with Crippen LogP contribution >= 0.6 is 0 Å². The van der Waals surface area contributed by atoms with Gasteiger partial charge in [-0.2, -0.15) is 13.2 Å². The molecule has 0 saturated carbocycles. The molecule has 0 radical (unpaired) electrons. The maximum atomic E-state index is 12.5. The van der Waals surface area contributed by atoms with Crippen LogP contribution in [-0.2, 0) is 10.9 Å². The van der Waals surface area contributed by atoms with Gasteiger partial charge in [0, 0.05) is 5.56 Å². The quantitative estimate of drug-likeness (QED) is 0.681. The Morgan fingerprint density at radius 1 is 1.44 bits per heavy atom. The average Bonchev–Trinajstić information content (AvgIpc) is 2.22. The molecule has 0 aromatic carbocycles. The number of pyridine rings is 1. The Balaban J connectivity index is 2.52. The van der Waals surface area contributed by atoms with Crippen LogP contribution in [0.15, 0.2) is 18.7 Å². The van der Waals surface area contributed by atoms with E-state index in [2.05, 4.69) is 11.6 Å². The Hall–Kier alpha value is -1.36. The summed E-state index contributed by atoms with van der Waals surface area (Å²) in [4.78, 5) is 3.61. The van der Waals surface area contributed by atoms with Crippen molar-refractivity contribution in [1.82, 2.24) is 4.98 Å².